The van der Waals surface area contributed by atoms with Gasteiger partial charge in [-0.2, -0.15) is 0 Å². The normalized spacial score (nSPS) is 23.8. The molecular formula is C16H29N3. The number of aromatic nitrogens is 2. The Morgan fingerprint density at radius 1 is 1.37 bits per heavy atom. The Hall–Kier alpha value is -0.990. The highest BCUT2D eigenvalue weighted by Crippen LogP contribution is 2.29. The molecule has 0 aliphatic heterocycles. The molecule has 1 fully saturated rings. The number of imidazole rings is 1. The van der Waals surface area contributed by atoms with Crippen LogP contribution in [0.1, 0.15) is 58.6 Å². The second kappa shape index (κ2) is 6.44. The molecule has 0 bridgehead atoms. The van der Waals surface area contributed by atoms with Crippen molar-refractivity contribution in [3.8, 4) is 0 Å². The van der Waals surface area contributed by atoms with Crippen LogP contribution < -0.4 is 5.32 Å². The molecule has 0 radical (unpaired) electrons. The molecule has 2 unspecified atom stereocenters. The van der Waals surface area contributed by atoms with Gasteiger partial charge in [-0.3, -0.25) is 0 Å². The van der Waals surface area contributed by atoms with E-state index in [0.717, 1.165) is 24.1 Å². The first kappa shape index (κ1) is 14.4. The van der Waals surface area contributed by atoms with Crippen molar-refractivity contribution in [2.45, 2.75) is 72.4 Å². The van der Waals surface area contributed by atoms with E-state index in [4.69, 9.17) is 0 Å². The quantitative estimate of drug-likeness (QED) is 0.861. The van der Waals surface area contributed by atoms with Crippen molar-refractivity contribution in [1.29, 1.82) is 0 Å². The fraction of sp³-hybridized carbons (Fsp3) is 0.812. The molecule has 1 aromatic rings. The van der Waals surface area contributed by atoms with Gasteiger partial charge in [0.2, 0.25) is 5.95 Å². The smallest absolute Gasteiger partial charge is 0.203 e. The molecule has 2 rings (SSSR count). The van der Waals surface area contributed by atoms with Gasteiger partial charge >= 0.3 is 0 Å². The lowest BCUT2D eigenvalue weighted by molar-refractivity contribution is 0.315. The molecule has 1 saturated carbocycles. The number of nitrogens with one attached hydrogen (secondary N) is 1. The standard InChI is InChI=1S/C16H29N3/c1-5-14-8-6-7-9-15(14)18-16-17-13(4)11-19(16)10-12(2)3/h11-12,14-15H,5-10H2,1-4H3,(H,17,18). The third-order valence-corrected chi connectivity index (χ3v) is 4.21. The molecule has 19 heavy (non-hydrogen) atoms. The van der Waals surface area contributed by atoms with E-state index < -0.39 is 0 Å². The molecule has 0 spiro atoms. The fourth-order valence-electron chi connectivity index (χ4n) is 3.25. The minimum absolute atomic E-state index is 0.617. The molecule has 3 heteroatoms. The molecule has 0 aromatic carbocycles. The molecule has 0 amide bonds. The van der Waals surface area contributed by atoms with Crippen molar-refractivity contribution in [2.75, 3.05) is 5.32 Å². The van der Waals surface area contributed by atoms with Crippen molar-refractivity contribution >= 4 is 5.95 Å². The zero-order valence-corrected chi connectivity index (χ0v) is 12.9. The van der Waals surface area contributed by atoms with Crippen molar-refractivity contribution in [3.63, 3.8) is 0 Å². The second-order valence-electron chi connectivity index (χ2n) is 6.46. The van der Waals surface area contributed by atoms with Crippen LogP contribution in [0.15, 0.2) is 6.20 Å². The van der Waals surface area contributed by atoms with Gasteiger partial charge in [-0.25, -0.2) is 4.98 Å². The minimum atomic E-state index is 0.617. The van der Waals surface area contributed by atoms with Crippen LogP contribution in [0.3, 0.4) is 0 Å². The maximum absolute atomic E-state index is 4.68. The monoisotopic (exact) mass is 263 g/mol. The lowest BCUT2D eigenvalue weighted by Gasteiger charge is -2.32. The first-order valence-corrected chi connectivity index (χ1v) is 7.90. The number of hydrogen-bond acceptors (Lipinski definition) is 2. The molecule has 1 aliphatic carbocycles. The molecule has 3 nitrogen and oxygen atoms in total. The highest BCUT2D eigenvalue weighted by atomic mass is 15.2. The minimum Gasteiger partial charge on any atom is -0.353 e. The first-order chi connectivity index (χ1) is 9.10. The van der Waals surface area contributed by atoms with Gasteiger partial charge in [0.15, 0.2) is 0 Å². The number of hydrogen-bond donors (Lipinski definition) is 1. The first-order valence-electron chi connectivity index (χ1n) is 7.90. The molecular weight excluding hydrogens is 234 g/mol. The van der Waals surface area contributed by atoms with Crippen LogP contribution in [-0.4, -0.2) is 15.6 Å². The van der Waals surface area contributed by atoms with E-state index in [1.54, 1.807) is 0 Å². The van der Waals surface area contributed by atoms with Gasteiger partial charge in [-0.15, -0.1) is 0 Å². The van der Waals surface area contributed by atoms with Crippen LogP contribution in [-0.2, 0) is 6.54 Å². The Bertz CT molecular complexity index is 395. The maximum Gasteiger partial charge on any atom is 0.203 e. The average molecular weight is 263 g/mol. The van der Waals surface area contributed by atoms with Crippen LogP contribution in [0, 0.1) is 18.8 Å². The van der Waals surface area contributed by atoms with Crippen LogP contribution in [0.25, 0.3) is 0 Å². The van der Waals surface area contributed by atoms with Crippen molar-refractivity contribution in [1.82, 2.24) is 9.55 Å². The van der Waals surface area contributed by atoms with E-state index in [2.05, 4.69) is 48.8 Å². The molecule has 108 valence electrons. The van der Waals surface area contributed by atoms with Gasteiger partial charge in [0.05, 0.1) is 5.69 Å². The summed E-state index contributed by atoms with van der Waals surface area (Å²) in [5.74, 6) is 2.55. The molecule has 1 heterocycles. The van der Waals surface area contributed by atoms with Gasteiger partial charge in [0, 0.05) is 18.8 Å². The van der Waals surface area contributed by atoms with Crippen molar-refractivity contribution < 1.29 is 0 Å². The Balaban J connectivity index is 2.08. The van der Waals surface area contributed by atoms with Gasteiger partial charge in [0.25, 0.3) is 0 Å². The predicted octanol–water partition coefficient (Wildman–Crippen LogP) is 4.23. The van der Waals surface area contributed by atoms with E-state index in [-0.39, 0.29) is 0 Å². The summed E-state index contributed by atoms with van der Waals surface area (Å²) in [6.07, 6.45) is 8.88. The SMILES string of the molecule is CCC1CCCCC1Nc1nc(C)cn1CC(C)C. The third-order valence-electron chi connectivity index (χ3n) is 4.21. The van der Waals surface area contributed by atoms with Gasteiger partial charge in [-0.05, 0) is 31.6 Å². The summed E-state index contributed by atoms with van der Waals surface area (Å²) in [7, 11) is 0. The van der Waals surface area contributed by atoms with Crippen LogP contribution in [0.5, 0.6) is 0 Å². The van der Waals surface area contributed by atoms with Crippen LogP contribution in [0.2, 0.25) is 0 Å². The average Bonchev–Trinajstić information content (AvgIpc) is 2.69. The summed E-state index contributed by atoms with van der Waals surface area (Å²) in [6.45, 7) is 9.96. The predicted molar refractivity (Wildman–Crippen MR) is 81.5 cm³/mol. The Morgan fingerprint density at radius 3 is 2.79 bits per heavy atom. The fourth-order valence-corrected chi connectivity index (χ4v) is 3.25. The largest absolute Gasteiger partial charge is 0.353 e. The van der Waals surface area contributed by atoms with Gasteiger partial charge in [-0.1, -0.05) is 40.0 Å². The zero-order valence-electron chi connectivity index (χ0n) is 12.9. The van der Waals surface area contributed by atoms with Gasteiger partial charge in [0.1, 0.15) is 0 Å². The second-order valence-corrected chi connectivity index (χ2v) is 6.46. The Labute approximate surface area is 117 Å². The zero-order chi connectivity index (χ0) is 13.8. The number of nitrogens with zero attached hydrogens (tertiary/aromatic N) is 2. The third kappa shape index (κ3) is 3.74. The highest BCUT2D eigenvalue weighted by molar-refractivity contribution is 5.30. The number of aryl methyl sites for hydroxylation is 1. The lowest BCUT2D eigenvalue weighted by atomic mass is 9.83. The van der Waals surface area contributed by atoms with Crippen LogP contribution in [0.4, 0.5) is 5.95 Å². The summed E-state index contributed by atoms with van der Waals surface area (Å²) < 4.78 is 2.29. The molecule has 1 aromatic heterocycles. The van der Waals surface area contributed by atoms with E-state index in [9.17, 15) is 0 Å². The molecule has 2 atom stereocenters. The maximum atomic E-state index is 4.68. The molecule has 1 N–H and O–H groups in total. The molecule has 0 saturated heterocycles. The summed E-state index contributed by atoms with van der Waals surface area (Å²) in [6, 6.07) is 0.617. The summed E-state index contributed by atoms with van der Waals surface area (Å²) in [4.78, 5) is 4.68. The van der Waals surface area contributed by atoms with E-state index >= 15 is 0 Å². The van der Waals surface area contributed by atoms with Crippen molar-refractivity contribution in [3.05, 3.63) is 11.9 Å². The van der Waals surface area contributed by atoms with Gasteiger partial charge < -0.3 is 9.88 Å². The molecule has 1 aliphatic rings. The van der Waals surface area contributed by atoms with E-state index in [1.807, 2.05) is 0 Å². The number of rotatable bonds is 5. The summed E-state index contributed by atoms with van der Waals surface area (Å²) in [5.41, 5.74) is 1.12. The van der Waals surface area contributed by atoms with E-state index in [0.29, 0.717) is 12.0 Å². The van der Waals surface area contributed by atoms with Crippen molar-refractivity contribution in [2.24, 2.45) is 11.8 Å². The van der Waals surface area contributed by atoms with E-state index in [1.165, 1.54) is 32.1 Å². The lowest BCUT2D eigenvalue weighted by Crippen LogP contribution is -2.33. The topological polar surface area (TPSA) is 29.9 Å². The number of anilines is 1. The van der Waals surface area contributed by atoms with Crippen LogP contribution >= 0.6 is 0 Å². The Morgan fingerprint density at radius 2 is 2.11 bits per heavy atom. The summed E-state index contributed by atoms with van der Waals surface area (Å²) in [5, 5.41) is 3.73. The summed E-state index contributed by atoms with van der Waals surface area (Å²) >= 11 is 0. The highest BCUT2D eigenvalue weighted by Gasteiger charge is 2.24. The Kier molecular flexibility index (Phi) is 4.89.